The Morgan fingerprint density at radius 2 is 1.83 bits per heavy atom. The lowest BCUT2D eigenvalue weighted by Gasteiger charge is -2.15. The number of benzene rings is 3. The van der Waals surface area contributed by atoms with E-state index in [1.165, 1.54) is 16.3 Å². The van der Waals surface area contributed by atoms with Crippen molar-refractivity contribution in [3.05, 3.63) is 75.8 Å². The van der Waals surface area contributed by atoms with Crippen LogP contribution >= 0.6 is 23.2 Å². The van der Waals surface area contributed by atoms with Gasteiger partial charge in [-0.25, -0.2) is 0 Å². The fourth-order valence-corrected chi connectivity index (χ4v) is 3.14. The van der Waals surface area contributed by atoms with E-state index in [4.69, 9.17) is 27.9 Å². The highest BCUT2D eigenvalue weighted by Crippen LogP contribution is 2.30. The van der Waals surface area contributed by atoms with Crippen LogP contribution in [0.4, 0.5) is 0 Å². The zero-order valence-electron chi connectivity index (χ0n) is 13.5. The average molecular weight is 360 g/mol. The summed E-state index contributed by atoms with van der Waals surface area (Å²) in [5.41, 5.74) is 2.09. The molecule has 3 aromatic carbocycles. The van der Waals surface area contributed by atoms with E-state index in [1.807, 2.05) is 24.3 Å². The highest BCUT2D eigenvalue weighted by Gasteiger charge is 2.10. The minimum absolute atomic E-state index is 0.410. The van der Waals surface area contributed by atoms with Crippen LogP contribution in [0.5, 0.6) is 5.75 Å². The summed E-state index contributed by atoms with van der Waals surface area (Å²) in [6.07, 6.45) is 0. The average Bonchev–Trinajstić information content (AvgIpc) is 2.59. The van der Waals surface area contributed by atoms with Crippen molar-refractivity contribution >= 4 is 34.0 Å². The lowest BCUT2D eigenvalue weighted by molar-refractivity contribution is 0.303. The van der Waals surface area contributed by atoms with Crippen LogP contribution in [0.15, 0.2) is 54.6 Å². The third-order valence-corrected chi connectivity index (χ3v) is 4.53. The molecule has 0 bridgehead atoms. The molecule has 1 N–H and O–H groups in total. The smallest absolute Gasteiger partial charge is 0.124 e. The molecule has 0 unspecified atom stereocenters. The van der Waals surface area contributed by atoms with E-state index in [0.29, 0.717) is 16.7 Å². The van der Waals surface area contributed by atoms with Gasteiger partial charge in [0, 0.05) is 27.7 Å². The van der Waals surface area contributed by atoms with Gasteiger partial charge in [0.25, 0.3) is 0 Å². The zero-order chi connectivity index (χ0) is 16.9. The largest absolute Gasteiger partial charge is 0.488 e. The summed E-state index contributed by atoms with van der Waals surface area (Å²) in [6.45, 7) is 4.18. The molecule has 0 aromatic heterocycles. The van der Waals surface area contributed by atoms with Crippen molar-refractivity contribution in [2.24, 2.45) is 0 Å². The van der Waals surface area contributed by atoms with E-state index in [2.05, 4.69) is 36.5 Å². The Balaban J connectivity index is 1.90. The van der Waals surface area contributed by atoms with Crippen molar-refractivity contribution < 1.29 is 4.74 Å². The van der Waals surface area contributed by atoms with Crippen molar-refractivity contribution in [3.8, 4) is 5.75 Å². The molecular formula is C20H19Cl2NO. The Labute approximate surface area is 152 Å². The van der Waals surface area contributed by atoms with Crippen LogP contribution in [-0.2, 0) is 13.2 Å². The predicted octanol–water partition coefficient (Wildman–Crippen LogP) is 5.84. The third-order valence-electron chi connectivity index (χ3n) is 3.95. The van der Waals surface area contributed by atoms with Gasteiger partial charge in [0.05, 0.1) is 0 Å². The number of hydrogen-bond acceptors (Lipinski definition) is 2. The topological polar surface area (TPSA) is 21.3 Å². The first-order chi connectivity index (χ1) is 11.7. The summed E-state index contributed by atoms with van der Waals surface area (Å²) in [4.78, 5) is 0. The maximum absolute atomic E-state index is 6.24. The first-order valence-corrected chi connectivity index (χ1v) is 8.72. The van der Waals surface area contributed by atoms with Crippen molar-refractivity contribution in [3.63, 3.8) is 0 Å². The number of nitrogens with one attached hydrogen (secondary N) is 1. The van der Waals surface area contributed by atoms with Crippen LogP contribution in [0.1, 0.15) is 18.1 Å². The highest BCUT2D eigenvalue weighted by molar-refractivity contribution is 6.35. The normalized spacial score (nSPS) is 11.0. The predicted molar refractivity (Wildman–Crippen MR) is 102 cm³/mol. The molecule has 0 heterocycles. The van der Waals surface area contributed by atoms with Gasteiger partial charge in [-0.1, -0.05) is 66.5 Å². The lowest BCUT2D eigenvalue weighted by atomic mass is 10.0. The molecule has 0 radical (unpaired) electrons. The first-order valence-electron chi connectivity index (χ1n) is 7.97. The number of fused-ring (bicyclic) bond motifs is 1. The summed E-state index contributed by atoms with van der Waals surface area (Å²) < 4.78 is 6.08. The molecule has 4 heteroatoms. The Hall–Kier alpha value is -1.74. The van der Waals surface area contributed by atoms with Gasteiger partial charge in [0.2, 0.25) is 0 Å². The Kier molecular flexibility index (Phi) is 5.62. The SMILES string of the molecule is CCNCc1c(OCc2ccc(Cl)cc2Cl)ccc2ccccc12. The van der Waals surface area contributed by atoms with Crippen LogP contribution in [0.2, 0.25) is 10.0 Å². The zero-order valence-corrected chi connectivity index (χ0v) is 15.0. The molecule has 0 spiro atoms. The number of hydrogen-bond donors (Lipinski definition) is 1. The van der Waals surface area contributed by atoms with E-state index in [9.17, 15) is 0 Å². The lowest BCUT2D eigenvalue weighted by Crippen LogP contribution is -2.13. The van der Waals surface area contributed by atoms with Gasteiger partial charge in [0.15, 0.2) is 0 Å². The molecule has 2 nitrogen and oxygen atoms in total. The number of halogens is 2. The molecule has 24 heavy (non-hydrogen) atoms. The van der Waals surface area contributed by atoms with E-state index >= 15 is 0 Å². The fourth-order valence-electron chi connectivity index (χ4n) is 2.68. The molecule has 0 aliphatic carbocycles. The van der Waals surface area contributed by atoms with E-state index in [1.54, 1.807) is 6.07 Å². The van der Waals surface area contributed by atoms with E-state index in [-0.39, 0.29) is 0 Å². The summed E-state index contributed by atoms with van der Waals surface area (Å²) >= 11 is 12.2. The molecule has 3 rings (SSSR count). The second kappa shape index (κ2) is 7.89. The molecule has 124 valence electrons. The van der Waals surface area contributed by atoms with Gasteiger partial charge >= 0.3 is 0 Å². The molecule has 0 aliphatic rings. The van der Waals surface area contributed by atoms with Crippen molar-refractivity contribution in [1.82, 2.24) is 5.32 Å². The van der Waals surface area contributed by atoms with Gasteiger partial charge in [-0.3, -0.25) is 0 Å². The van der Waals surface area contributed by atoms with Gasteiger partial charge in [0.1, 0.15) is 12.4 Å². The maximum atomic E-state index is 6.24. The van der Waals surface area contributed by atoms with Crippen LogP contribution in [0.3, 0.4) is 0 Å². The minimum atomic E-state index is 0.410. The molecule has 0 atom stereocenters. The molecule has 0 fully saturated rings. The second-order valence-electron chi connectivity index (χ2n) is 5.57. The van der Waals surface area contributed by atoms with Crippen molar-refractivity contribution in [2.45, 2.75) is 20.1 Å². The molecule has 0 amide bonds. The van der Waals surface area contributed by atoms with Gasteiger partial charge in [-0.2, -0.15) is 0 Å². The standard InChI is InChI=1S/C20H19Cl2NO/c1-2-23-12-18-17-6-4-3-5-14(17)8-10-20(18)24-13-15-7-9-16(21)11-19(15)22/h3-11,23H,2,12-13H2,1H3. The summed E-state index contributed by atoms with van der Waals surface area (Å²) in [6, 6.07) is 17.9. The molecule has 3 aromatic rings. The van der Waals surface area contributed by atoms with Crippen molar-refractivity contribution in [1.29, 1.82) is 0 Å². The monoisotopic (exact) mass is 359 g/mol. The third kappa shape index (κ3) is 3.84. The maximum Gasteiger partial charge on any atom is 0.124 e. The van der Waals surface area contributed by atoms with Crippen LogP contribution < -0.4 is 10.1 Å². The Morgan fingerprint density at radius 3 is 2.62 bits per heavy atom. The van der Waals surface area contributed by atoms with E-state index < -0.39 is 0 Å². The van der Waals surface area contributed by atoms with E-state index in [0.717, 1.165) is 24.4 Å². The quantitative estimate of drug-likeness (QED) is 0.597. The van der Waals surface area contributed by atoms with Gasteiger partial charge < -0.3 is 10.1 Å². The van der Waals surface area contributed by atoms with Crippen LogP contribution in [0.25, 0.3) is 10.8 Å². The summed E-state index contributed by atoms with van der Waals surface area (Å²) in [7, 11) is 0. The Bertz CT molecular complexity index is 848. The van der Waals surface area contributed by atoms with Gasteiger partial charge in [-0.05, 0) is 35.5 Å². The summed E-state index contributed by atoms with van der Waals surface area (Å²) in [5.74, 6) is 0.876. The molecule has 0 aliphatic heterocycles. The van der Waals surface area contributed by atoms with Crippen molar-refractivity contribution in [2.75, 3.05) is 6.54 Å². The fraction of sp³-hybridized carbons (Fsp3) is 0.200. The van der Waals surface area contributed by atoms with Gasteiger partial charge in [-0.15, -0.1) is 0 Å². The Morgan fingerprint density at radius 1 is 1.00 bits per heavy atom. The number of rotatable bonds is 6. The second-order valence-corrected chi connectivity index (χ2v) is 6.41. The summed E-state index contributed by atoms with van der Waals surface area (Å²) in [5, 5.41) is 7.06. The molecule has 0 saturated carbocycles. The minimum Gasteiger partial charge on any atom is -0.488 e. The highest BCUT2D eigenvalue weighted by atomic mass is 35.5. The van der Waals surface area contributed by atoms with Crippen LogP contribution in [-0.4, -0.2) is 6.54 Å². The number of ether oxygens (including phenoxy) is 1. The first kappa shape index (κ1) is 17.1. The molecular weight excluding hydrogens is 341 g/mol. The van der Waals surface area contributed by atoms with Crippen LogP contribution in [0, 0.1) is 0 Å². The molecule has 0 saturated heterocycles.